The Kier molecular flexibility index (Phi) is 5.22. The highest BCUT2D eigenvalue weighted by Gasteiger charge is 2.34. The Morgan fingerprint density at radius 3 is 2.52 bits per heavy atom. The fraction of sp³-hybridized carbons (Fsp3) is 0.350. The third kappa shape index (κ3) is 4.10. The highest BCUT2D eigenvalue weighted by molar-refractivity contribution is 5.91. The number of carbonyl (C=O) groups excluding carboxylic acids is 1. The van der Waals surface area contributed by atoms with Gasteiger partial charge in [-0.2, -0.15) is 0 Å². The second-order valence-corrected chi connectivity index (χ2v) is 6.29. The second-order valence-electron chi connectivity index (χ2n) is 6.29. The van der Waals surface area contributed by atoms with Gasteiger partial charge in [0.05, 0.1) is 19.9 Å². The number of halogens is 1. The lowest BCUT2D eigenvalue weighted by Crippen LogP contribution is -2.17. The van der Waals surface area contributed by atoms with Crippen molar-refractivity contribution in [3.05, 3.63) is 53.8 Å². The molecule has 1 aliphatic carbocycles. The van der Waals surface area contributed by atoms with E-state index >= 15 is 0 Å². The zero-order chi connectivity index (χ0) is 17.8. The lowest BCUT2D eigenvalue weighted by molar-refractivity contribution is -0.116. The van der Waals surface area contributed by atoms with Crippen LogP contribution in [-0.2, 0) is 4.79 Å². The summed E-state index contributed by atoms with van der Waals surface area (Å²) in [5.74, 6) is 1.27. The Labute approximate surface area is 147 Å². The quantitative estimate of drug-likeness (QED) is 0.812. The van der Waals surface area contributed by atoms with Crippen molar-refractivity contribution >= 4 is 11.6 Å². The van der Waals surface area contributed by atoms with E-state index in [0.717, 1.165) is 18.4 Å². The molecule has 132 valence electrons. The van der Waals surface area contributed by atoms with Gasteiger partial charge in [-0.3, -0.25) is 4.79 Å². The van der Waals surface area contributed by atoms with Crippen LogP contribution in [0.2, 0.25) is 0 Å². The smallest absolute Gasteiger partial charge is 0.225 e. The molecule has 3 rings (SSSR count). The van der Waals surface area contributed by atoms with Gasteiger partial charge in [0.2, 0.25) is 5.91 Å². The van der Waals surface area contributed by atoms with Gasteiger partial charge >= 0.3 is 0 Å². The van der Waals surface area contributed by atoms with E-state index in [1.165, 1.54) is 6.07 Å². The van der Waals surface area contributed by atoms with Gasteiger partial charge in [0, 0.05) is 6.42 Å². The molecule has 1 amide bonds. The fourth-order valence-electron chi connectivity index (χ4n) is 3.10. The number of benzene rings is 2. The van der Waals surface area contributed by atoms with Gasteiger partial charge in [0.1, 0.15) is 5.82 Å². The first-order chi connectivity index (χ1) is 12.1. The largest absolute Gasteiger partial charge is 0.493 e. The molecule has 25 heavy (non-hydrogen) atoms. The standard InChI is InChI=1S/C20H22FNO3/c1-24-18-10-9-14(11-19(18)25-2)15(13-7-8-13)12-20(23)22-17-6-4-3-5-16(17)21/h3-6,9-11,13,15H,7-8,12H2,1-2H3,(H,22,23). The van der Waals surface area contributed by atoms with Crippen molar-refractivity contribution in [1.29, 1.82) is 0 Å². The molecule has 0 aliphatic heterocycles. The average Bonchev–Trinajstić information content (AvgIpc) is 3.46. The topological polar surface area (TPSA) is 47.6 Å². The second kappa shape index (κ2) is 7.55. The first kappa shape index (κ1) is 17.3. The molecule has 1 unspecified atom stereocenters. The molecule has 0 aromatic heterocycles. The van der Waals surface area contributed by atoms with Crippen molar-refractivity contribution in [3.63, 3.8) is 0 Å². The summed E-state index contributed by atoms with van der Waals surface area (Å²) in [6.45, 7) is 0. The maximum absolute atomic E-state index is 13.7. The molecule has 1 aliphatic rings. The Morgan fingerprint density at radius 2 is 1.88 bits per heavy atom. The Morgan fingerprint density at radius 1 is 1.16 bits per heavy atom. The number of hydrogen-bond acceptors (Lipinski definition) is 3. The summed E-state index contributed by atoms with van der Waals surface area (Å²) < 4.78 is 24.4. The van der Waals surface area contributed by atoms with Gasteiger partial charge in [-0.15, -0.1) is 0 Å². The van der Waals surface area contributed by atoms with Crippen molar-refractivity contribution in [2.24, 2.45) is 5.92 Å². The zero-order valence-electron chi connectivity index (χ0n) is 14.4. The molecule has 1 N–H and O–H groups in total. The van der Waals surface area contributed by atoms with E-state index in [0.29, 0.717) is 23.8 Å². The summed E-state index contributed by atoms with van der Waals surface area (Å²) >= 11 is 0. The maximum atomic E-state index is 13.7. The Balaban J connectivity index is 1.76. The predicted octanol–water partition coefficient (Wildman–Crippen LogP) is 4.37. The lowest BCUT2D eigenvalue weighted by Gasteiger charge is -2.18. The zero-order valence-corrected chi connectivity index (χ0v) is 14.4. The van der Waals surface area contributed by atoms with Crippen molar-refractivity contribution < 1.29 is 18.7 Å². The molecule has 4 nitrogen and oxygen atoms in total. The number of anilines is 1. The highest BCUT2D eigenvalue weighted by atomic mass is 19.1. The van der Waals surface area contributed by atoms with Crippen LogP contribution in [0.4, 0.5) is 10.1 Å². The average molecular weight is 343 g/mol. The van der Waals surface area contributed by atoms with Crippen molar-refractivity contribution in [2.75, 3.05) is 19.5 Å². The van der Waals surface area contributed by atoms with E-state index in [1.54, 1.807) is 32.4 Å². The summed E-state index contributed by atoms with van der Waals surface area (Å²) in [5.41, 5.74) is 1.26. The summed E-state index contributed by atoms with van der Waals surface area (Å²) in [5, 5.41) is 2.67. The number of amides is 1. The minimum atomic E-state index is -0.426. The van der Waals surface area contributed by atoms with Crippen LogP contribution in [0.15, 0.2) is 42.5 Å². The third-order valence-electron chi connectivity index (χ3n) is 4.58. The van der Waals surface area contributed by atoms with Crippen LogP contribution >= 0.6 is 0 Å². The van der Waals surface area contributed by atoms with Gasteiger partial charge in [-0.1, -0.05) is 18.2 Å². The van der Waals surface area contributed by atoms with Crippen LogP contribution in [-0.4, -0.2) is 20.1 Å². The fourth-order valence-corrected chi connectivity index (χ4v) is 3.10. The Hall–Kier alpha value is -2.56. The summed E-state index contributed by atoms with van der Waals surface area (Å²) in [6, 6.07) is 12.0. The number of carbonyl (C=O) groups is 1. The number of para-hydroxylation sites is 1. The van der Waals surface area contributed by atoms with Crippen LogP contribution in [0.1, 0.15) is 30.7 Å². The molecule has 1 fully saturated rings. The molecule has 0 radical (unpaired) electrons. The summed E-state index contributed by atoms with van der Waals surface area (Å²) in [6.07, 6.45) is 2.52. The molecule has 1 atom stereocenters. The van der Waals surface area contributed by atoms with Crippen molar-refractivity contribution in [3.8, 4) is 11.5 Å². The van der Waals surface area contributed by atoms with Gasteiger partial charge < -0.3 is 14.8 Å². The van der Waals surface area contributed by atoms with Gasteiger partial charge in [-0.05, 0) is 54.5 Å². The van der Waals surface area contributed by atoms with Crippen LogP contribution in [0, 0.1) is 11.7 Å². The van der Waals surface area contributed by atoms with Gasteiger partial charge in [0.25, 0.3) is 0 Å². The van der Waals surface area contributed by atoms with Crippen LogP contribution in [0.25, 0.3) is 0 Å². The summed E-state index contributed by atoms with van der Waals surface area (Å²) in [4.78, 5) is 12.4. The number of nitrogens with one attached hydrogen (secondary N) is 1. The molecule has 2 aromatic rings. The van der Waals surface area contributed by atoms with E-state index in [9.17, 15) is 9.18 Å². The first-order valence-electron chi connectivity index (χ1n) is 8.38. The predicted molar refractivity (Wildman–Crippen MR) is 94.7 cm³/mol. The lowest BCUT2D eigenvalue weighted by atomic mass is 9.90. The normalized spacial score (nSPS) is 14.7. The summed E-state index contributed by atoms with van der Waals surface area (Å²) in [7, 11) is 3.19. The van der Waals surface area contributed by atoms with E-state index in [-0.39, 0.29) is 17.5 Å². The van der Waals surface area contributed by atoms with Crippen LogP contribution in [0.3, 0.4) is 0 Å². The molecule has 5 heteroatoms. The van der Waals surface area contributed by atoms with Gasteiger partial charge in [-0.25, -0.2) is 4.39 Å². The molecular formula is C20H22FNO3. The molecule has 0 bridgehead atoms. The SMILES string of the molecule is COc1ccc(C(CC(=O)Nc2ccccc2F)C2CC2)cc1OC. The van der Waals surface area contributed by atoms with Crippen molar-refractivity contribution in [2.45, 2.75) is 25.2 Å². The number of rotatable bonds is 7. The minimum Gasteiger partial charge on any atom is -0.493 e. The number of ether oxygens (including phenoxy) is 2. The highest BCUT2D eigenvalue weighted by Crippen LogP contribution is 2.46. The molecule has 2 aromatic carbocycles. The molecular weight excluding hydrogens is 321 g/mol. The molecule has 0 saturated heterocycles. The Bertz CT molecular complexity index is 758. The molecule has 1 saturated carbocycles. The van der Waals surface area contributed by atoms with E-state index < -0.39 is 5.82 Å². The van der Waals surface area contributed by atoms with Crippen molar-refractivity contribution in [1.82, 2.24) is 0 Å². The van der Waals surface area contributed by atoms with E-state index in [1.807, 2.05) is 18.2 Å². The molecule has 0 spiro atoms. The maximum Gasteiger partial charge on any atom is 0.225 e. The van der Waals surface area contributed by atoms with Crippen LogP contribution < -0.4 is 14.8 Å². The third-order valence-corrected chi connectivity index (χ3v) is 4.58. The number of hydrogen-bond donors (Lipinski definition) is 1. The van der Waals surface area contributed by atoms with E-state index in [2.05, 4.69) is 5.32 Å². The minimum absolute atomic E-state index is 0.0894. The van der Waals surface area contributed by atoms with E-state index in [4.69, 9.17) is 9.47 Å². The van der Waals surface area contributed by atoms with Crippen LogP contribution in [0.5, 0.6) is 11.5 Å². The first-order valence-corrected chi connectivity index (χ1v) is 8.38. The molecule has 0 heterocycles. The monoisotopic (exact) mass is 343 g/mol. The number of methoxy groups -OCH3 is 2. The van der Waals surface area contributed by atoms with Gasteiger partial charge in [0.15, 0.2) is 11.5 Å².